The van der Waals surface area contributed by atoms with Crippen LogP contribution in [-0.2, 0) is 0 Å². The number of benzene rings is 1. The molecule has 1 aromatic heterocycles. The number of hydrogen-bond acceptors (Lipinski definition) is 3. The number of nitrogens with one attached hydrogen (secondary N) is 1. The number of ether oxygens (including phenoxy) is 1. The van der Waals surface area contributed by atoms with E-state index >= 15 is 0 Å². The maximum atomic E-state index is 5.93. The lowest BCUT2D eigenvalue weighted by atomic mass is 10.1. The number of fused-ring (bicyclic) bond motifs is 1. The summed E-state index contributed by atoms with van der Waals surface area (Å²) < 4.78 is 7.20. The summed E-state index contributed by atoms with van der Waals surface area (Å²) in [5.41, 5.74) is 0. The van der Waals surface area contributed by atoms with Crippen molar-refractivity contribution < 1.29 is 4.74 Å². The summed E-state index contributed by atoms with van der Waals surface area (Å²) in [5, 5.41) is 6.77. The summed E-state index contributed by atoms with van der Waals surface area (Å²) >= 11 is 1.76. The second-order valence-electron chi connectivity index (χ2n) is 4.26. The van der Waals surface area contributed by atoms with Gasteiger partial charge in [0.15, 0.2) is 0 Å². The summed E-state index contributed by atoms with van der Waals surface area (Å²) in [6, 6.07) is 8.41. The monoisotopic (exact) mass is 233 g/mol. The molecule has 1 aliphatic heterocycles. The lowest BCUT2D eigenvalue weighted by Crippen LogP contribution is -2.15. The standard InChI is InChI=1S/C13H15NOS/c1-2-11-5-7-16-13(11)12(3-1)15-9-10-4-6-14-8-10/h1-3,5,7,10,14H,4,6,8-9H2. The van der Waals surface area contributed by atoms with Crippen molar-refractivity contribution in [3.63, 3.8) is 0 Å². The van der Waals surface area contributed by atoms with Crippen LogP contribution in [-0.4, -0.2) is 19.7 Å². The zero-order valence-corrected chi connectivity index (χ0v) is 9.93. The Labute approximate surface area is 99.2 Å². The van der Waals surface area contributed by atoms with Gasteiger partial charge < -0.3 is 10.1 Å². The predicted molar refractivity (Wildman–Crippen MR) is 68.3 cm³/mol. The van der Waals surface area contributed by atoms with Crippen LogP contribution in [0.25, 0.3) is 10.1 Å². The summed E-state index contributed by atoms with van der Waals surface area (Å²) in [4.78, 5) is 0. The zero-order valence-electron chi connectivity index (χ0n) is 9.11. The molecule has 0 spiro atoms. The SMILES string of the molecule is c1cc(OCC2CCNC2)c2sccc2c1. The maximum absolute atomic E-state index is 5.93. The highest BCUT2D eigenvalue weighted by molar-refractivity contribution is 7.17. The van der Waals surface area contributed by atoms with Crippen LogP contribution in [0.3, 0.4) is 0 Å². The summed E-state index contributed by atoms with van der Waals surface area (Å²) in [6.45, 7) is 3.07. The minimum atomic E-state index is 0.676. The Morgan fingerprint density at radius 3 is 3.25 bits per heavy atom. The van der Waals surface area contributed by atoms with E-state index in [2.05, 4.69) is 35.0 Å². The van der Waals surface area contributed by atoms with Crippen LogP contribution in [0.4, 0.5) is 0 Å². The first-order chi connectivity index (χ1) is 7.93. The molecule has 0 saturated carbocycles. The molecular formula is C13H15NOS. The molecule has 3 rings (SSSR count). The van der Waals surface area contributed by atoms with Crippen LogP contribution in [0.15, 0.2) is 29.6 Å². The first kappa shape index (κ1) is 10.1. The molecule has 16 heavy (non-hydrogen) atoms. The van der Waals surface area contributed by atoms with E-state index in [1.807, 2.05) is 0 Å². The van der Waals surface area contributed by atoms with E-state index in [4.69, 9.17) is 4.74 Å². The molecule has 1 N–H and O–H groups in total. The highest BCUT2D eigenvalue weighted by atomic mass is 32.1. The smallest absolute Gasteiger partial charge is 0.137 e. The van der Waals surface area contributed by atoms with Crippen molar-refractivity contribution in [2.75, 3.05) is 19.7 Å². The van der Waals surface area contributed by atoms with E-state index in [-0.39, 0.29) is 0 Å². The fourth-order valence-corrected chi connectivity index (χ4v) is 3.01. The van der Waals surface area contributed by atoms with Gasteiger partial charge in [0.25, 0.3) is 0 Å². The summed E-state index contributed by atoms with van der Waals surface area (Å²) in [5.74, 6) is 1.72. The van der Waals surface area contributed by atoms with Crippen LogP contribution in [0.1, 0.15) is 6.42 Å². The van der Waals surface area contributed by atoms with Crippen molar-refractivity contribution >= 4 is 21.4 Å². The minimum Gasteiger partial charge on any atom is -0.492 e. The highest BCUT2D eigenvalue weighted by Gasteiger charge is 2.15. The van der Waals surface area contributed by atoms with Gasteiger partial charge in [-0.1, -0.05) is 12.1 Å². The van der Waals surface area contributed by atoms with E-state index in [1.54, 1.807) is 11.3 Å². The van der Waals surface area contributed by atoms with Gasteiger partial charge in [0.05, 0.1) is 11.3 Å². The van der Waals surface area contributed by atoms with Gasteiger partial charge >= 0.3 is 0 Å². The number of hydrogen-bond donors (Lipinski definition) is 1. The van der Waals surface area contributed by atoms with Crippen molar-refractivity contribution in [3.8, 4) is 5.75 Å². The number of thiophene rings is 1. The zero-order chi connectivity index (χ0) is 10.8. The molecule has 1 saturated heterocycles. The molecule has 0 radical (unpaired) electrons. The molecule has 1 aromatic carbocycles. The molecule has 2 heterocycles. The van der Waals surface area contributed by atoms with Crippen LogP contribution < -0.4 is 10.1 Å². The van der Waals surface area contributed by atoms with Crippen LogP contribution in [0.5, 0.6) is 5.75 Å². The third kappa shape index (κ3) is 1.93. The van der Waals surface area contributed by atoms with Gasteiger partial charge in [-0.3, -0.25) is 0 Å². The molecule has 0 amide bonds. The van der Waals surface area contributed by atoms with Crippen LogP contribution in [0.2, 0.25) is 0 Å². The van der Waals surface area contributed by atoms with Crippen molar-refractivity contribution in [3.05, 3.63) is 29.6 Å². The Kier molecular flexibility index (Phi) is 2.80. The predicted octanol–water partition coefficient (Wildman–Crippen LogP) is 2.89. The van der Waals surface area contributed by atoms with Gasteiger partial charge in [0.2, 0.25) is 0 Å². The lowest BCUT2D eigenvalue weighted by molar-refractivity contribution is 0.263. The lowest BCUT2D eigenvalue weighted by Gasteiger charge is -2.11. The van der Waals surface area contributed by atoms with E-state index in [1.165, 1.54) is 16.5 Å². The summed E-state index contributed by atoms with van der Waals surface area (Å²) in [7, 11) is 0. The molecule has 1 unspecified atom stereocenters. The molecule has 1 aliphatic rings. The number of rotatable bonds is 3. The second kappa shape index (κ2) is 4.44. The minimum absolute atomic E-state index is 0.676. The molecular weight excluding hydrogens is 218 g/mol. The molecule has 2 nitrogen and oxygen atoms in total. The third-order valence-electron chi connectivity index (χ3n) is 3.08. The first-order valence-corrected chi connectivity index (χ1v) is 6.61. The Morgan fingerprint density at radius 1 is 1.38 bits per heavy atom. The van der Waals surface area contributed by atoms with Gasteiger partial charge in [-0.25, -0.2) is 0 Å². The maximum Gasteiger partial charge on any atom is 0.137 e. The van der Waals surface area contributed by atoms with Gasteiger partial charge in [-0.05, 0) is 35.9 Å². The molecule has 2 aromatic rings. The van der Waals surface area contributed by atoms with Crippen LogP contribution in [0, 0.1) is 5.92 Å². The largest absolute Gasteiger partial charge is 0.492 e. The molecule has 0 bridgehead atoms. The Morgan fingerprint density at radius 2 is 2.38 bits per heavy atom. The Balaban J connectivity index is 1.75. The van der Waals surface area contributed by atoms with Crippen molar-refractivity contribution in [1.29, 1.82) is 0 Å². The van der Waals surface area contributed by atoms with Gasteiger partial charge in [-0.2, -0.15) is 0 Å². The van der Waals surface area contributed by atoms with Crippen molar-refractivity contribution in [1.82, 2.24) is 5.32 Å². The quantitative estimate of drug-likeness (QED) is 0.880. The molecule has 84 valence electrons. The van der Waals surface area contributed by atoms with Crippen LogP contribution >= 0.6 is 11.3 Å². The normalized spacial score (nSPS) is 20.4. The van der Waals surface area contributed by atoms with Gasteiger partial charge in [0, 0.05) is 12.5 Å². The average molecular weight is 233 g/mol. The fourth-order valence-electron chi connectivity index (χ4n) is 2.14. The molecule has 1 atom stereocenters. The summed E-state index contributed by atoms with van der Waals surface area (Å²) in [6.07, 6.45) is 1.24. The highest BCUT2D eigenvalue weighted by Crippen LogP contribution is 2.30. The third-order valence-corrected chi connectivity index (χ3v) is 4.02. The molecule has 3 heteroatoms. The van der Waals surface area contributed by atoms with E-state index in [0.29, 0.717) is 5.92 Å². The van der Waals surface area contributed by atoms with Crippen molar-refractivity contribution in [2.24, 2.45) is 5.92 Å². The second-order valence-corrected chi connectivity index (χ2v) is 5.18. The van der Waals surface area contributed by atoms with E-state index in [0.717, 1.165) is 25.4 Å². The van der Waals surface area contributed by atoms with E-state index in [9.17, 15) is 0 Å². The fraction of sp³-hybridized carbons (Fsp3) is 0.385. The van der Waals surface area contributed by atoms with Gasteiger partial charge in [-0.15, -0.1) is 11.3 Å². The topological polar surface area (TPSA) is 21.3 Å². The van der Waals surface area contributed by atoms with Gasteiger partial charge in [0.1, 0.15) is 5.75 Å². The first-order valence-electron chi connectivity index (χ1n) is 5.73. The Bertz CT molecular complexity index is 473. The average Bonchev–Trinajstić information content (AvgIpc) is 2.97. The molecule has 0 aliphatic carbocycles. The molecule has 1 fully saturated rings. The Hall–Kier alpha value is -1.06. The van der Waals surface area contributed by atoms with Crippen molar-refractivity contribution in [2.45, 2.75) is 6.42 Å². The van der Waals surface area contributed by atoms with E-state index < -0.39 is 0 Å².